The Morgan fingerprint density at radius 2 is 1.14 bits per heavy atom. The van der Waals surface area contributed by atoms with E-state index >= 15 is 0 Å². The molecule has 0 saturated heterocycles. The number of hydrogen-bond acceptors (Lipinski definition) is 0. The zero-order valence-electron chi connectivity index (χ0n) is 5.33. The van der Waals surface area contributed by atoms with Crippen LogP contribution < -0.4 is 0 Å². The molecule has 0 atom stereocenters. The molecule has 0 bridgehead atoms. The Labute approximate surface area is 57.2 Å². The summed E-state index contributed by atoms with van der Waals surface area (Å²) in [5.74, 6) is 0. The molecule has 0 aromatic carbocycles. The third kappa shape index (κ3) is 10.8. The molecular formula is C6H16Se. The SMILES string of the molecule is CCCCCC.[SeH2]. The maximum atomic E-state index is 2.23. The monoisotopic (exact) mass is 168 g/mol. The topological polar surface area (TPSA) is 0 Å². The van der Waals surface area contributed by atoms with Crippen LogP contribution in [0.5, 0.6) is 0 Å². The average Bonchev–Trinajstić information content (AvgIpc) is 1.61. The first-order valence-electron chi connectivity index (χ1n) is 2.91. The first-order valence-corrected chi connectivity index (χ1v) is 2.91. The van der Waals surface area contributed by atoms with Crippen LogP contribution in [0.25, 0.3) is 0 Å². The second kappa shape index (κ2) is 9.72. The van der Waals surface area contributed by atoms with Crippen LogP contribution in [0.1, 0.15) is 39.5 Å². The van der Waals surface area contributed by atoms with Crippen molar-refractivity contribution in [2.45, 2.75) is 39.5 Å². The fraction of sp³-hybridized carbons (Fsp3) is 1.00. The summed E-state index contributed by atoms with van der Waals surface area (Å²) in [6.45, 7) is 4.46. The Kier molecular flexibility index (Phi) is 14.6. The van der Waals surface area contributed by atoms with E-state index in [-0.39, 0.29) is 17.1 Å². The van der Waals surface area contributed by atoms with E-state index in [9.17, 15) is 0 Å². The minimum atomic E-state index is 0. The minimum absolute atomic E-state index is 0. The van der Waals surface area contributed by atoms with Crippen LogP contribution in [-0.2, 0) is 0 Å². The fourth-order valence-corrected chi connectivity index (χ4v) is 0.500. The molecule has 0 rings (SSSR count). The summed E-state index contributed by atoms with van der Waals surface area (Å²) >= 11 is 0. The molecule has 0 nitrogen and oxygen atoms in total. The van der Waals surface area contributed by atoms with Crippen LogP contribution >= 0.6 is 0 Å². The van der Waals surface area contributed by atoms with Crippen molar-refractivity contribution in [3.05, 3.63) is 0 Å². The normalized spacial score (nSPS) is 7.71. The van der Waals surface area contributed by atoms with Crippen molar-refractivity contribution in [2.24, 2.45) is 0 Å². The second-order valence-electron chi connectivity index (χ2n) is 1.71. The molecule has 46 valence electrons. The van der Waals surface area contributed by atoms with Crippen molar-refractivity contribution < 1.29 is 0 Å². The zero-order chi connectivity index (χ0) is 4.83. The fourth-order valence-electron chi connectivity index (χ4n) is 0.500. The Morgan fingerprint density at radius 1 is 0.857 bits per heavy atom. The van der Waals surface area contributed by atoms with Crippen LogP contribution in [0.15, 0.2) is 0 Å². The quantitative estimate of drug-likeness (QED) is 0.443. The molecule has 0 aromatic rings. The summed E-state index contributed by atoms with van der Waals surface area (Å²) in [5.41, 5.74) is 0. The van der Waals surface area contributed by atoms with Gasteiger partial charge in [0.25, 0.3) is 0 Å². The molecule has 0 aromatic heterocycles. The van der Waals surface area contributed by atoms with Crippen molar-refractivity contribution >= 4 is 17.1 Å². The number of rotatable bonds is 3. The summed E-state index contributed by atoms with van der Waals surface area (Å²) in [6.07, 6.45) is 5.54. The molecule has 0 aliphatic carbocycles. The molecule has 0 spiro atoms. The molecule has 0 amide bonds. The molecule has 0 unspecified atom stereocenters. The van der Waals surface area contributed by atoms with Crippen LogP contribution in [0.4, 0.5) is 0 Å². The summed E-state index contributed by atoms with van der Waals surface area (Å²) in [6, 6.07) is 0. The third-order valence-corrected chi connectivity index (χ3v) is 0.957. The van der Waals surface area contributed by atoms with E-state index in [1.54, 1.807) is 0 Å². The van der Waals surface area contributed by atoms with E-state index in [4.69, 9.17) is 0 Å². The van der Waals surface area contributed by atoms with Gasteiger partial charge < -0.3 is 0 Å². The van der Waals surface area contributed by atoms with Gasteiger partial charge in [-0.2, -0.15) is 0 Å². The molecule has 1 heteroatoms. The van der Waals surface area contributed by atoms with Gasteiger partial charge in [-0.3, -0.25) is 0 Å². The predicted molar refractivity (Wildman–Crippen MR) is 38.4 cm³/mol. The van der Waals surface area contributed by atoms with E-state index in [0.29, 0.717) is 0 Å². The van der Waals surface area contributed by atoms with Crippen LogP contribution in [0.3, 0.4) is 0 Å². The van der Waals surface area contributed by atoms with Gasteiger partial charge >= 0.3 is 17.1 Å². The molecule has 7 heavy (non-hydrogen) atoms. The van der Waals surface area contributed by atoms with Gasteiger partial charge in [-0.1, -0.05) is 39.5 Å². The standard InChI is InChI=1S/C6H14.H2Se/c1-3-5-6-4-2;/h3-6H2,1-2H3;1H2. The van der Waals surface area contributed by atoms with E-state index < -0.39 is 0 Å². The summed E-state index contributed by atoms with van der Waals surface area (Å²) in [7, 11) is 0. The third-order valence-electron chi connectivity index (χ3n) is 0.957. The molecule has 0 saturated carbocycles. The van der Waals surface area contributed by atoms with Crippen molar-refractivity contribution in [1.82, 2.24) is 0 Å². The van der Waals surface area contributed by atoms with Crippen molar-refractivity contribution in [3.8, 4) is 0 Å². The molecule has 0 heterocycles. The van der Waals surface area contributed by atoms with Gasteiger partial charge in [-0.25, -0.2) is 0 Å². The molecule has 0 aliphatic rings. The predicted octanol–water partition coefficient (Wildman–Crippen LogP) is 1.67. The Balaban J connectivity index is 0. The molecule has 0 N–H and O–H groups in total. The van der Waals surface area contributed by atoms with Gasteiger partial charge in [0.05, 0.1) is 0 Å². The Hall–Kier alpha value is 0.519. The van der Waals surface area contributed by atoms with Gasteiger partial charge in [0.2, 0.25) is 0 Å². The van der Waals surface area contributed by atoms with E-state index in [0.717, 1.165) is 0 Å². The molecule has 0 aliphatic heterocycles. The second-order valence-corrected chi connectivity index (χ2v) is 1.71. The van der Waals surface area contributed by atoms with Crippen molar-refractivity contribution in [3.63, 3.8) is 0 Å². The van der Waals surface area contributed by atoms with Gasteiger partial charge in [0, 0.05) is 0 Å². The van der Waals surface area contributed by atoms with Gasteiger partial charge in [0.1, 0.15) is 0 Å². The van der Waals surface area contributed by atoms with Crippen molar-refractivity contribution in [2.75, 3.05) is 0 Å². The van der Waals surface area contributed by atoms with Crippen molar-refractivity contribution in [1.29, 1.82) is 0 Å². The molecular weight excluding hydrogens is 151 g/mol. The first kappa shape index (κ1) is 10.5. The van der Waals surface area contributed by atoms with E-state index in [1.807, 2.05) is 0 Å². The zero-order valence-corrected chi connectivity index (χ0v) is 7.43. The van der Waals surface area contributed by atoms with E-state index in [2.05, 4.69) is 13.8 Å². The molecule has 0 fully saturated rings. The van der Waals surface area contributed by atoms with Gasteiger partial charge in [-0.15, -0.1) is 0 Å². The Morgan fingerprint density at radius 3 is 1.29 bits per heavy atom. The van der Waals surface area contributed by atoms with Crippen LogP contribution in [-0.4, -0.2) is 17.1 Å². The first-order chi connectivity index (χ1) is 2.91. The molecule has 0 radical (unpaired) electrons. The number of hydrogen-bond donors (Lipinski definition) is 0. The maximum absolute atomic E-state index is 2.23. The Bertz CT molecular complexity index is 16.1. The van der Waals surface area contributed by atoms with Gasteiger partial charge in [-0.05, 0) is 0 Å². The average molecular weight is 167 g/mol. The summed E-state index contributed by atoms with van der Waals surface area (Å²) < 4.78 is 0. The van der Waals surface area contributed by atoms with Crippen LogP contribution in [0.2, 0.25) is 0 Å². The summed E-state index contributed by atoms with van der Waals surface area (Å²) in [4.78, 5) is 0. The number of unbranched alkanes of at least 4 members (excludes halogenated alkanes) is 3. The van der Waals surface area contributed by atoms with Crippen LogP contribution in [0, 0.1) is 0 Å². The summed E-state index contributed by atoms with van der Waals surface area (Å²) in [5, 5.41) is 0. The van der Waals surface area contributed by atoms with Gasteiger partial charge in [0.15, 0.2) is 0 Å². The van der Waals surface area contributed by atoms with E-state index in [1.165, 1.54) is 25.7 Å².